The molecule has 0 unspecified atom stereocenters. The Hall–Kier alpha value is -1.96. The van der Waals surface area contributed by atoms with Crippen LogP contribution in [0.3, 0.4) is 0 Å². The van der Waals surface area contributed by atoms with Crippen LogP contribution in [0.4, 0.5) is 18.9 Å². The van der Waals surface area contributed by atoms with Crippen molar-refractivity contribution in [2.45, 2.75) is 6.18 Å². The Balaban J connectivity index is 3.06. The number of methoxy groups -OCH3 is 1. The molecule has 0 radical (unpaired) electrons. The fraction of sp³-hybridized carbons (Fsp3) is 0.417. The van der Waals surface area contributed by atoms with E-state index < -0.39 is 31.8 Å². The van der Waals surface area contributed by atoms with Crippen molar-refractivity contribution in [3.8, 4) is 5.75 Å². The molecule has 20 heavy (non-hydrogen) atoms. The van der Waals surface area contributed by atoms with Gasteiger partial charge >= 0.3 is 6.18 Å². The van der Waals surface area contributed by atoms with Crippen LogP contribution in [0.5, 0.6) is 5.75 Å². The van der Waals surface area contributed by atoms with Crippen molar-refractivity contribution in [1.29, 1.82) is 0 Å². The number of ether oxygens (including phenoxy) is 1. The Morgan fingerprint density at radius 3 is 2.60 bits per heavy atom. The van der Waals surface area contributed by atoms with Gasteiger partial charge in [-0.1, -0.05) is 0 Å². The largest absolute Gasteiger partial charge is 0.496 e. The molecule has 0 spiro atoms. The van der Waals surface area contributed by atoms with E-state index in [4.69, 9.17) is 15.6 Å². The molecular formula is C12H15F3N2O3. The molecule has 1 aromatic carbocycles. The summed E-state index contributed by atoms with van der Waals surface area (Å²) in [6, 6.07) is 4.02. The lowest BCUT2D eigenvalue weighted by Crippen LogP contribution is -2.40. The first-order valence-electron chi connectivity index (χ1n) is 5.69. The molecule has 0 saturated carbocycles. The van der Waals surface area contributed by atoms with Gasteiger partial charge in [0, 0.05) is 18.3 Å². The molecule has 0 fully saturated rings. The highest BCUT2D eigenvalue weighted by atomic mass is 19.4. The molecular weight excluding hydrogens is 277 g/mol. The van der Waals surface area contributed by atoms with Crippen LogP contribution >= 0.6 is 0 Å². The molecule has 0 aromatic heterocycles. The summed E-state index contributed by atoms with van der Waals surface area (Å²) in [4.78, 5) is 12.6. The van der Waals surface area contributed by atoms with E-state index in [2.05, 4.69) is 0 Å². The fourth-order valence-corrected chi connectivity index (χ4v) is 1.64. The average Bonchev–Trinajstić information content (AvgIpc) is 2.35. The number of carbonyl (C=O) groups is 1. The van der Waals surface area contributed by atoms with Crippen LogP contribution in [-0.2, 0) is 0 Å². The molecule has 0 aliphatic rings. The lowest BCUT2D eigenvalue weighted by atomic mass is 10.1. The molecule has 3 N–H and O–H groups in total. The van der Waals surface area contributed by atoms with Crippen molar-refractivity contribution in [2.24, 2.45) is 0 Å². The summed E-state index contributed by atoms with van der Waals surface area (Å²) in [5.74, 6) is -0.798. The third-order valence-corrected chi connectivity index (χ3v) is 2.48. The number of amides is 1. The van der Waals surface area contributed by atoms with Crippen molar-refractivity contribution in [2.75, 3.05) is 32.5 Å². The lowest BCUT2D eigenvalue weighted by Gasteiger charge is -2.24. The number of halogens is 3. The van der Waals surface area contributed by atoms with Gasteiger partial charge in [-0.25, -0.2) is 0 Å². The minimum Gasteiger partial charge on any atom is -0.496 e. The fourth-order valence-electron chi connectivity index (χ4n) is 1.64. The van der Waals surface area contributed by atoms with Gasteiger partial charge in [0.1, 0.15) is 12.3 Å². The molecule has 8 heteroatoms. The van der Waals surface area contributed by atoms with E-state index in [1.807, 2.05) is 0 Å². The zero-order chi connectivity index (χ0) is 15.3. The zero-order valence-corrected chi connectivity index (χ0v) is 10.8. The molecule has 0 aliphatic heterocycles. The first kappa shape index (κ1) is 16.1. The number of benzene rings is 1. The quantitative estimate of drug-likeness (QED) is 0.801. The van der Waals surface area contributed by atoms with Crippen LogP contribution in [-0.4, -0.2) is 48.9 Å². The van der Waals surface area contributed by atoms with E-state index in [-0.39, 0.29) is 11.3 Å². The zero-order valence-electron chi connectivity index (χ0n) is 10.8. The number of hydrogen-bond donors (Lipinski definition) is 2. The summed E-state index contributed by atoms with van der Waals surface area (Å²) >= 11 is 0. The second-order valence-electron chi connectivity index (χ2n) is 4.03. The summed E-state index contributed by atoms with van der Waals surface area (Å²) in [5, 5.41) is 8.79. The van der Waals surface area contributed by atoms with Crippen LogP contribution in [0.1, 0.15) is 10.4 Å². The number of nitrogen functional groups attached to an aromatic ring is 1. The predicted molar refractivity (Wildman–Crippen MR) is 66.5 cm³/mol. The number of hydrogen-bond acceptors (Lipinski definition) is 4. The third-order valence-electron chi connectivity index (χ3n) is 2.48. The first-order valence-corrected chi connectivity index (χ1v) is 5.69. The van der Waals surface area contributed by atoms with Crippen molar-refractivity contribution in [3.05, 3.63) is 23.8 Å². The van der Waals surface area contributed by atoms with E-state index in [1.165, 1.54) is 25.3 Å². The number of alkyl halides is 3. The van der Waals surface area contributed by atoms with Gasteiger partial charge in [0.25, 0.3) is 5.91 Å². The topological polar surface area (TPSA) is 75.8 Å². The second kappa shape index (κ2) is 6.47. The van der Waals surface area contributed by atoms with Crippen LogP contribution in [0, 0.1) is 0 Å². The van der Waals surface area contributed by atoms with E-state index in [1.54, 1.807) is 0 Å². The monoisotopic (exact) mass is 292 g/mol. The maximum atomic E-state index is 12.4. The molecule has 1 aromatic rings. The molecule has 0 atom stereocenters. The molecule has 112 valence electrons. The molecule has 0 saturated heterocycles. The number of anilines is 1. The summed E-state index contributed by atoms with van der Waals surface area (Å²) in [6.07, 6.45) is -4.55. The summed E-state index contributed by atoms with van der Waals surface area (Å²) < 4.78 is 42.2. The minimum atomic E-state index is -4.55. The Bertz CT molecular complexity index is 478. The van der Waals surface area contributed by atoms with Gasteiger partial charge < -0.3 is 20.5 Å². The molecule has 0 bridgehead atoms. The normalized spacial score (nSPS) is 11.2. The average molecular weight is 292 g/mol. The van der Waals surface area contributed by atoms with Gasteiger partial charge in [0.2, 0.25) is 0 Å². The summed E-state index contributed by atoms with van der Waals surface area (Å²) in [7, 11) is 1.28. The van der Waals surface area contributed by atoms with Crippen molar-refractivity contribution in [1.82, 2.24) is 4.90 Å². The Morgan fingerprint density at radius 1 is 1.45 bits per heavy atom. The molecule has 1 rings (SSSR count). The maximum Gasteiger partial charge on any atom is 0.406 e. The Labute approximate surface area is 113 Å². The first-order chi connectivity index (χ1) is 9.28. The molecule has 0 aliphatic carbocycles. The van der Waals surface area contributed by atoms with Gasteiger partial charge in [-0.2, -0.15) is 13.2 Å². The van der Waals surface area contributed by atoms with E-state index in [0.29, 0.717) is 10.6 Å². The molecule has 1 amide bonds. The van der Waals surface area contributed by atoms with E-state index >= 15 is 0 Å². The summed E-state index contributed by atoms with van der Waals surface area (Å²) in [5.41, 5.74) is 5.79. The van der Waals surface area contributed by atoms with Crippen LogP contribution < -0.4 is 10.5 Å². The smallest absolute Gasteiger partial charge is 0.406 e. The highest BCUT2D eigenvalue weighted by Gasteiger charge is 2.33. The number of nitrogens with two attached hydrogens (primary N) is 1. The van der Waals surface area contributed by atoms with E-state index in [0.717, 1.165) is 0 Å². The number of aliphatic hydroxyl groups excluding tert-OH is 1. The van der Waals surface area contributed by atoms with Crippen molar-refractivity contribution in [3.63, 3.8) is 0 Å². The Morgan fingerprint density at radius 2 is 2.10 bits per heavy atom. The van der Waals surface area contributed by atoms with Crippen molar-refractivity contribution < 1.29 is 27.8 Å². The van der Waals surface area contributed by atoms with Crippen LogP contribution in [0.15, 0.2) is 18.2 Å². The third kappa shape index (κ3) is 4.30. The van der Waals surface area contributed by atoms with Crippen LogP contribution in [0.2, 0.25) is 0 Å². The molecule has 5 nitrogen and oxygen atoms in total. The Kier molecular flexibility index (Phi) is 5.20. The summed E-state index contributed by atoms with van der Waals surface area (Å²) in [6.45, 7) is -2.44. The number of nitrogens with zero attached hydrogens (tertiary/aromatic N) is 1. The van der Waals surface area contributed by atoms with Crippen LogP contribution in [0.25, 0.3) is 0 Å². The maximum absolute atomic E-state index is 12.4. The highest BCUT2D eigenvalue weighted by Crippen LogP contribution is 2.24. The number of rotatable bonds is 5. The number of carbonyl (C=O) groups excluding carboxylic acids is 1. The van der Waals surface area contributed by atoms with Gasteiger partial charge in [-0.3, -0.25) is 4.79 Å². The van der Waals surface area contributed by atoms with Crippen molar-refractivity contribution >= 4 is 11.6 Å². The van der Waals surface area contributed by atoms with Gasteiger partial charge in [-0.15, -0.1) is 0 Å². The van der Waals surface area contributed by atoms with Gasteiger partial charge in [-0.05, 0) is 12.1 Å². The predicted octanol–water partition coefficient (Wildman–Crippen LogP) is 1.27. The SMILES string of the molecule is COc1cc(N)ccc1C(=O)N(CCO)CC(F)(F)F. The standard InChI is InChI=1S/C12H15F3N2O3/c1-20-10-6-8(16)2-3-9(10)11(19)17(4-5-18)7-12(13,14)15/h2-3,6,18H,4-5,7,16H2,1H3. The second-order valence-corrected chi connectivity index (χ2v) is 4.03. The molecule has 0 heterocycles. The van der Waals surface area contributed by atoms with Gasteiger partial charge in [0.05, 0.1) is 19.3 Å². The van der Waals surface area contributed by atoms with E-state index in [9.17, 15) is 18.0 Å². The highest BCUT2D eigenvalue weighted by molar-refractivity contribution is 5.97. The minimum absolute atomic E-state index is 0.0422. The number of aliphatic hydroxyl groups is 1. The lowest BCUT2D eigenvalue weighted by molar-refractivity contribution is -0.141. The van der Waals surface area contributed by atoms with Gasteiger partial charge in [0.15, 0.2) is 0 Å².